The molecule has 0 saturated heterocycles. The van der Waals surface area contributed by atoms with Crippen molar-refractivity contribution in [3.05, 3.63) is 33.5 Å². The highest BCUT2D eigenvalue weighted by atomic mass is 79.9. The highest BCUT2D eigenvalue weighted by Crippen LogP contribution is 2.35. The molecule has 2 aromatic rings. The average Bonchev–Trinajstić information content (AvgIpc) is 2.68. The lowest BCUT2D eigenvalue weighted by molar-refractivity contribution is 0.503. The first-order valence-electron chi connectivity index (χ1n) is 6.96. The van der Waals surface area contributed by atoms with Crippen LogP contribution in [0.15, 0.2) is 21.0 Å². The molecule has 0 saturated carbocycles. The fraction of sp³-hybridized carbons (Fsp3) is 0.500. The molecule has 1 N–H and O–H groups in total. The van der Waals surface area contributed by atoms with E-state index in [4.69, 9.17) is 4.42 Å². The highest BCUT2D eigenvalue weighted by molar-refractivity contribution is 9.10. The van der Waals surface area contributed by atoms with Gasteiger partial charge in [-0.2, -0.15) is 0 Å². The van der Waals surface area contributed by atoms with Crippen molar-refractivity contribution in [3.8, 4) is 0 Å². The molecule has 0 amide bonds. The van der Waals surface area contributed by atoms with E-state index < -0.39 is 0 Å². The van der Waals surface area contributed by atoms with Gasteiger partial charge in [0.25, 0.3) is 0 Å². The van der Waals surface area contributed by atoms with E-state index >= 15 is 0 Å². The van der Waals surface area contributed by atoms with Gasteiger partial charge in [0, 0.05) is 15.4 Å². The molecule has 104 valence electrons. The van der Waals surface area contributed by atoms with Crippen LogP contribution < -0.4 is 5.32 Å². The summed E-state index contributed by atoms with van der Waals surface area (Å²) < 4.78 is 7.23. The van der Waals surface area contributed by atoms with E-state index in [0.717, 1.165) is 35.3 Å². The molecule has 1 aromatic heterocycles. The Hall–Kier alpha value is -0.800. The standard InChI is InChI=1S/C16H22BrNO/c1-5-6-18-9-14-15(10(2)3)13-8-12(17)7-11(4)16(13)19-14/h7-8,10,18H,5-6,9H2,1-4H3. The zero-order valence-electron chi connectivity index (χ0n) is 12.1. The number of benzene rings is 1. The maximum Gasteiger partial charge on any atom is 0.137 e. The Labute approximate surface area is 123 Å². The van der Waals surface area contributed by atoms with Gasteiger partial charge in [0.1, 0.15) is 11.3 Å². The van der Waals surface area contributed by atoms with Gasteiger partial charge < -0.3 is 9.73 Å². The minimum absolute atomic E-state index is 0.466. The molecule has 0 spiro atoms. The summed E-state index contributed by atoms with van der Waals surface area (Å²) in [7, 11) is 0. The van der Waals surface area contributed by atoms with Crippen LogP contribution in [-0.2, 0) is 6.54 Å². The lowest BCUT2D eigenvalue weighted by Crippen LogP contribution is -2.14. The van der Waals surface area contributed by atoms with Crippen LogP contribution in [0.25, 0.3) is 11.0 Å². The van der Waals surface area contributed by atoms with Crippen LogP contribution in [0.2, 0.25) is 0 Å². The van der Waals surface area contributed by atoms with Crippen molar-refractivity contribution in [1.82, 2.24) is 5.32 Å². The molecule has 0 aliphatic rings. The summed E-state index contributed by atoms with van der Waals surface area (Å²) >= 11 is 3.58. The van der Waals surface area contributed by atoms with Crippen LogP contribution in [0.5, 0.6) is 0 Å². The molecule has 0 atom stereocenters. The maximum atomic E-state index is 6.11. The number of hydrogen-bond donors (Lipinski definition) is 1. The van der Waals surface area contributed by atoms with E-state index in [-0.39, 0.29) is 0 Å². The van der Waals surface area contributed by atoms with E-state index in [1.54, 1.807) is 0 Å². The second-order valence-electron chi connectivity index (χ2n) is 5.37. The molecule has 0 aliphatic heterocycles. The van der Waals surface area contributed by atoms with Gasteiger partial charge in [0.05, 0.1) is 6.54 Å². The Balaban J connectivity index is 2.51. The summed E-state index contributed by atoms with van der Waals surface area (Å²) in [6.07, 6.45) is 1.14. The largest absolute Gasteiger partial charge is 0.459 e. The third-order valence-electron chi connectivity index (χ3n) is 3.34. The first-order valence-corrected chi connectivity index (χ1v) is 7.76. The lowest BCUT2D eigenvalue weighted by Gasteiger charge is -2.07. The van der Waals surface area contributed by atoms with Crippen LogP contribution in [0.4, 0.5) is 0 Å². The maximum absolute atomic E-state index is 6.11. The molecule has 3 heteroatoms. The number of rotatable bonds is 5. The quantitative estimate of drug-likeness (QED) is 0.772. The predicted molar refractivity (Wildman–Crippen MR) is 84.7 cm³/mol. The van der Waals surface area contributed by atoms with Gasteiger partial charge >= 0.3 is 0 Å². The van der Waals surface area contributed by atoms with E-state index in [1.165, 1.54) is 16.5 Å². The number of halogens is 1. The molecular weight excluding hydrogens is 302 g/mol. The molecule has 19 heavy (non-hydrogen) atoms. The first-order chi connectivity index (χ1) is 9.04. The molecule has 0 radical (unpaired) electrons. The van der Waals surface area contributed by atoms with E-state index in [2.05, 4.69) is 61.1 Å². The summed E-state index contributed by atoms with van der Waals surface area (Å²) in [6, 6.07) is 4.28. The topological polar surface area (TPSA) is 25.2 Å². The Morgan fingerprint density at radius 3 is 2.68 bits per heavy atom. The molecule has 2 nitrogen and oxygen atoms in total. The molecular formula is C16H22BrNO. The van der Waals surface area contributed by atoms with Crippen LogP contribution >= 0.6 is 15.9 Å². The van der Waals surface area contributed by atoms with Crippen molar-refractivity contribution in [1.29, 1.82) is 0 Å². The van der Waals surface area contributed by atoms with Crippen molar-refractivity contribution in [2.75, 3.05) is 6.54 Å². The van der Waals surface area contributed by atoms with Gasteiger partial charge in [-0.1, -0.05) is 36.7 Å². The van der Waals surface area contributed by atoms with Gasteiger partial charge in [-0.25, -0.2) is 0 Å². The van der Waals surface area contributed by atoms with Gasteiger partial charge in [-0.15, -0.1) is 0 Å². The van der Waals surface area contributed by atoms with Gasteiger partial charge in [-0.05, 0) is 43.5 Å². The number of aryl methyl sites for hydroxylation is 1. The second-order valence-corrected chi connectivity index (χ2v) is 6.29. The van der Waals surface area contributed by atoms with Gasteiger partial charge in [0.2, 0.25) is 0 Å². The van der Waals surface area contributed by atoms with Crippen LogP contribution in [-0.4, -0.2) is 6.54 Å². The van der Waals surface area contributed by atoms with Crippen molar-refractivity contribution in [3.63, 3.8) is 0 Å². The number of nitrogens with one attached hydrogen (secondary N) is 1. The lowest BCUT2D eigenvalue weighted by atomic mass is 9.98. The SMILES string of the molecule is CCCNCc1oc2c(C)cc(Br)cc2c1C(C)C. The Bertz CT molecular complexity index is 572. The van der Waals surface area contributed by atoms with E-state index in [1.807, 2.05) is 0 Å². The monoisotopic (exact) mass is 323 g/mol. The molecule has 0 aliphatic carbocycles. The molecule has 0 fully saturated rings. The summed E-state index contributed by atoms with van der Waals surface area (Å²) in [5, 5.41) is 4.68. The second kappa shape index (κ2) is 6.10. The van der Waals surface area contributed by atoms with Crippen molar-refractivity contribution >= 4 is 26.9 Å². The van der Waals surface area contributed by atoms with Crippen molar-refractivity contribution in [2.45, 2.75) is 46.6 Å². The van der Waals surface area contributed by atoms with Crippen LogP contribution in [0, 0.1) is 6.92 Å². The summed E-state index contributed by atoms with van der Waals surface area (Å²) in [4.78, 5) is 0. The zero-order chi connectivity index (χ0) is 14.0. The summed E-state index contributed by atoms with van der Waals surface area (Å²) in [5.41, 5.74) is 3.55. The van der Waals surface area contributed by atoms with Crippen LogP contribution in [0.1, 0.15) is 50.0 Å². The average molecular weight is 324 g/mol. The highest BCUT2D eigenvalue weighted by Gasteiger charge is 2.18. The minimum atomic E-state index is 0.466. The van der Waals surface area contributed by atoms with Gasteiger partial charge in [-0.3, -0.25) is 0 Å². The molecule has 1 heterocycles. The number of furan rings is 1. The fourth-order valence-electron chi connectivity index (χ4n) is 2.54. The Kier molecular flexibility index (Phi) is 4.69. The summed E-state index contributed by atoms with van der Waals surface area (Å²) in [6.45, 7) is 10.6. The molecule has 0 bridgehead atoms. The summed E-state index contributed by atoms with van der Waals surface area (Å²) in [5.74, 6) is 1.55. The van der Waals surface area contributed by atoms with Crippen molar-refractivity contribution in [2.24, 2.45) is 0 Å². The normalized spacial score (nSPS) is 11.7. The van der Waals surface area contributed by atoms with E-state index in [0.29, 0.717) is 5.92 Å². The number of fused-ring (bicyclic) bond motifs is 1. The Morgan fingerprint density at radius 1 is 1.32 bits per heavy atom. The molecule has 1 aromatic carbocycles. The smallest absolute Gasteiger partial charge is 0.137 e. The third-order valence-corrected chi connectivity index (χ3v) is 3.80. The van der Waals surface area contributed by atoms with Crippen molar-refractivity contribution < 1.29 is 4.42 Å². The number of hydrogen-bond acceptors (Lipinski definition) is 2. The molecule has 0 unspecified atom stereocenters. The fourth-order valence-corrected chi connectivity index (χ4v) is 3.11. The van der Waals surface area contributed by atoms with E-state index in [9.17, 15) is 0 Å². The predicted octanol–water partition coefficient (Wildman–Crippen LogP) is 5.13. The minimum Gasteiger partial charge on any atom is -0.459 e. The van der Waals surface area contributed by atoms with Crippen LogP contribution in [0.3, 0.4) is 0 Å². The van der Waals surface area contributed by atoms with Gasteiger partial charge in [0.15, 0.2) is 0 Å². The first kappa shape index (κ1) is 14.6. The third kappa shape index (κ3) is 3.03. The molecule has 2 rings (SSSR count). The Morgan fingerprint density at radius 2 is 2.05 bits per heavy atom. The zero-order valence-corrected chi connectivity index (χ0v) is 13.7.